The van der Waals surface area contributed by atoms with Crippen molar-refractivity contribution in [3.8, 4) is 22.3 Å². The Bertz CT molecular complexity index is 840. The van der Waals surface area contributed by atoms with Crippen LogP contribution < -0.4 is 0 Å². The maximum atomic E-state index is 12.9. The van der Waals surface area contributed by atoms with Crippen molar-refractivity contribution >= 4 is 5.91 Å². The summed E-state index contributed by atoms with van der Waals surface area (Å²) < 4.78 is 0. The Morgan fingerprint density at radius 3 is 1.96 bits per heavy atom. The average molecular weight is 330 g/mol. The van der Waals surface area contributed by atoms with Crippen molar-refractivity contribution in [2.24, 2.45) is 0 Å². The number of carbonyl (C=O) groups excluding carboxylic acids is 1. The van der Waals surface area contributed by atoms with Gasteiger partial charge in [-0.05, 0) is 31.0 Å². The van der Waals surface area contributed by atoms with Crippen molar-refractivity contribution < 1.29 is 4.79 Å². The smallest absolute Gasteiger partial charge is 0.273 e. The predicted molar refractivity (Wildman–Crippen MR) is 102 cm³/mol. The molecule has 3 aromatic rings. The molecule has 0 aliphatic carbocycles. The van der Waals surface area contributed by atoms with Gasteiger partial charge in [-0.15, -0.1) is 0 Å². The average Bonchev–Trinajstić information content (AvgIpc) is 2.69. The molecule has 0 spiro atoms. The van der Waals surface area contributed by atoms with Crippen LogP contribution in [0, 0.1) is 0 Å². The number of carbonyl (C=O) groups is 1. The number of hydrogen-bond acceptors (Lipinski definition) is 2. The Morgan fingerprint density at radius 2 is 1.40 bits per heavy atom. The van der Waals surface area contributed by atoms with E-state index >= 15 is 0 Å². The van der Waals surface area contributed by atoms with E-state index in [0.717, 1.165) is 22.3 Å². The maximum Gasteiger partial charge on any atom is 0.273 e. The van der Waals surface area contributed by atoms with Crippen LogP contribution in [0.3, 0.4) is 0 Å². The number of benzene rings is 2. The standard InChI is InChI=1S/C22H22N2O/c1-3-24(4-2)22(25)21-20(18-13-9-6-10-14-18)15-19(16-23-21)17-11-7-5-8-12-17/h5-16H,3-4H2,1-2H3. The van der Waals surface area contributed by atoms with Gasteiger partial charge in [-0.2, -0.15) is 0 Å². The molecule has 3 nitrogen and oxygen atoms in total. The molecule has 0 atom stereocenters. The Morgan fingerprint density at radius 1 is 0.840 bits per heavy atom. The van der Waals surface area contributed by atoms with Gasteiger partial charge < -0.3 is 4.90 Å². The fourth-order valence-electron chi connectivity index (χ4n) is 2.92. The van der Waals surface area contributed by atoms with Gasteiger partial charge in [0.05, 0.1) is 0 Å². The van der Waals surface area contributed by atoms with E-state index in [4.69, 9.17) is 0 Å². The maximum absolute atomic E-state index is 12.9. The molecule has 0 unspecified atom stereocenters. The van der Waals surface area contributed by atoms with E-state index in [1.807, 2.05) is 62.4 Å². The number of aromatic nitrogens is 1. The van der Waals surface area contributed by atoms with Gasteiger partial charge in [-0.3, -0.25) is 4.79 Å². The molecule has 1 amide bonds. The van der Waals surface area contributed by atoms with Crippen molar-refractivity contribution in [2.45, 2.75) is 13.8 Å². The van der Waals surface area contributed by atoms with Gasteiger partial charge in [0.25, 0.3) is 5.91 Å². The molecular weight excluding hydrogens is 308 g/mol. The molecule has 3 heteroatoms. The normalized spacial score (nSPS) is 10.5. The molecule has 0 fully saturated rings. The molecule has 1 aromatic heterocycles. The zero-order chi connectivity index (χ0) is 17.6. The van der Waals surface area contributed by atoms with E-state index in [-0.39, 0.29) is 5.91 Å². The fourth-order valence-corrected chi connectivity index (χ4v) is 2.92. The van der Waals surface area contributed by atoms with Crippen molar-refractivity contribution in [2.75, 3.05) is 13.1 Å². The molecule has 0 radical (unpaired) electrons. The van der Waals surface area contributed by atoms with Gasteiger partial charge in [-0.1, -0.05) is 60.7 Å². The summed E-state index contributed by atoms with van der Waals surface area (Å²) in [5.41, 5.74) is 4.49. The first kappa shape index (κ1) is 16.9. The quantitative estimate of drug-likeness (QED) is 0.667. The second-order valence-electron chi connectivity index (χ2n) is 5.83. The highest BCUT2D eigenvalue weighted by Gasteiger charge is 2.19. The Hall–Kier alpha value is -2.94. The predicted octanol–water partition coefficient (Wildman–Crippen LogP) is 4.90. The van der Waals surface area contributed by atoms with Crippen molar-refractivity contribution in [3.05, 3.63) is 78.6 Å². The van der Waals surface area contributed by atoms with Crippen LogP contribution in [0.1, 0.15) is 24.3 Å². The van der Waals surface area contributed by atoms with Gasteiger partial charge in [0.15, 0.2) is 0 Å². The monoisotopic (exact) mass is 330 g/mol. The SMILES string of the molecule is CCN(CC)C(=O)c1ncc(-c2ccccc2)cc1-c1ccccc1. The van der Waals surface area contributed by atoms with Crippen LogP contribution in [0.25, 0.3) is 22.3 Å². The fraction of sp³-hybridized carbons (Fsp3) is 0.182. The topological polar surface area (TPSA) is 33.2 Å². The summed E-state index contributed by atoms with van der Waals surface area (Å²) in [5.74, 6) is -0.0246. The molecule has 0 aliphatic heterocycles. The Balaban J connectivity index is 2.14. The first-order valence-corrected chi connectivity index (χ1v) is 8.64. The van der Waals surface area contributed by atoms with Gasteiger partial charge in [-0.25, -0.2) is 4.98 Å². The van der Waals surface area contributed by atoms with E-state index < -0.39 is 0 Å². The van der Waals surface area contributed by atoms with Gasteiger partial charge in [0.1, 0.15) is 5.69 Å². The third-order valence-electron chi connectivity index (χ3n) is 4.33. The summed E-state index contributed by atoms with van der Waals surface area (Å²) in [6.07, 6.45) is 1.79. The molecule has 0 bridgehead atoms. The summed E-state index contributed by atoms with van der Waals surface area (Å²) >= 11 is 0. The largest absolute Gasteiger partial charge is 0.338 e. The first-order valence-electron chi connectivity index (χ1n) is 8.64. The van der Waals surface area contributed by atoms with Crippen LogP contribution in [0.4, 0.5) is 0 Å². The third kappa shape index (κ3) is 3.61. The molecule has 0 N–H and O–H groups in total. The lowest BCUT2D eigenvalue weighted by molar-refractivity contribution is 0.0768. The second kappa shape index (κ2) is 7.75. The summed E-state index contributed by atoms with van der Waals surface area (Å²) in [4.78, 5) is 19.3. The molecule has 0 saturated heterocycles. The molecule has 2 aromatic carbocycles. The Labute approximate surface area is 149 Å². The molecule has 0 aliphatic rings. The minimum absolute atomic E-state index is 0.0246. The lowest BCUT2D eigenvalue weighted by Crippen LogP contribution is -2.31. The summed E-state index contributed by atoms with van der Waals surface area (Å²) in [6, 6.07) is 22.2. The number of nitrogens with zero attached hydrogens (tertiary/aromatic N) is 2. The van der Waals surface area contributed by atoms with E-state index in [1.165, 1.54) is 0 Å². The zero-order valence-electron chi connectivity index (χ0n) is 14.6. The van der Waals surface area contributed by atoms with Crippen molar-refractivity contribution in [3.63, 3.8) is 0 Å². The second-order valence-corrected chi connectivity index (χ2v) is 5.83. The minimum atomic E-state index is -0.0246. The summed E-state index contributed by atoms with van der Waals surface area (Å²) in [6.45, 7) is 5.32. The lowest BCUT2D eigenvalue weighted by atomic mass is 9.98. The van der Waals surface area contributed by atoms with Crippen molar-refractivity contribution in [1.82, 2.24) is 9.88 Å². The van der Waals surface area contributed by atoms with E-state index in [0.29, 0.717) is 18.8 Å². The third-order valence-corrected chi connectivity index (χ3v) is 4.33. The number of rotatable bonds is 5. The highest BCUT2D eigenvalue weighted by molar-refractivity contribution is 5.99. The first-order chi connectivity index (χ1) is 12.2. The van der Waals surface area contributed by atoms with Crippen LogP contribution >= 0.6 is 0 Å². The number of hydrogen-bond donors (Lipinski definition) is 0. The molecule has 0 saturated carbocycles. The minimum Gasteiger partial charge on any atom is -0.338 e. The molecule has 25 heavy (non-hydrogen) atoms. The van der Waals surface area contributed by atoms with Gasteiger partial charge >= 0.3 is 0 Å². The Kier molecular flexibility index (Phi) is 5.24. The zero-order valence-corrected chi connectivity index (χ0v) is 14.6. The highest BCUT2D eigenvalue weighted by atomic mass is 16.2. The summed E-state index contributed by atoms with van der Waals surface area (Å²) in [7, 11) is 0. The number of amides is 1. The van der Waals surface area contributed by atoms with Crippen LogP contribution in [0.15, 0.2) is 72.9 Å². The number of pyridine rings is 1. The van der Waals surface area contributed by atoms with Crippen LogP contribution in [0.5, 0.6) is 0 Å². The molecule has 1 heterocycles. The molecule has 3 rings (SSSR count). The van der Waals surface area contributed by atoms with E-state index in [9.17, 15) is 4.79 Å². The van der Waals surface area contributed by atoms with Crippen molar-refractivity contribution in [1.29, 1.82) is 0 Å². The van der Waals surface area contributed by atoms with Crippen LogP contribution in [0.2, 0.25) is 0 Å². The van der Waals surface area contributed by atoms with Gasteiger partial charge in [0.2, 0.25) is 0 Å². The van der Waals surface area contributed by atoms with E-state index in [1.54, 1.807) is 11.1 Å². The molecular formula is C22H22N2O. The highest BCUT2D eigenvalue weighted by Crippen LogP contribution is 2.28. The lowest BCUT2D eigenvalue weighted by Gasteiger charge is -2.20. The van der Waals surface area contributed by atoms with Gasteiger partial charge in [0, 0.05) is 30.4 Å². The van der Waals surface area contributed by atoms with Crippen LogP contribution in [-0.4, -0.2) is 28.9 Å². The van der Waals surface area contributed by atoms with E-state index in [2.05, 4.69) is 23.2 Å². The van der Waals surface area contributed by atoms with Crippen LogP contribution in [-0.2, 0) is 0 Å². The molecule has 126 valence electrons. The summed E-state index contributed by atoms with van der Waals surface area (Å²) in [5, 5.41) is 0.